The van der Waals surface area contributed by atoms with E-state index in [1.165, 1.54) is 19.2 Å². The fourth-order valence-corrected chi connectivity index (χ4v) is 3.18. The van der Waals surface area contributed by atoms with E-state index >= 15 is 0 Å². The molecule has 0 saturated heterocycles. The maximum atomic E-state index is 12.1. The number of nitrogens with one attached hydrogen (secondary N) is 1. The van der Waals surface area contributed by atoms with Crippen molar-refractivity contribution in [2.45, 2.75) is 39.2 Å². The standard InChI is InChI=1S/C18H23N3O3/c1-12-4-3-5-16(13(12)2)20-17(22)10-23-15-8-6-14(7-9-15)18-21-19-11-24-18/h6-9,11-13,16H,3-5,10H2,1-2H3,(H,20,22)/t12-,13+,16-/m0/s1. The highest BCUT2D eigenvalue weighted by Gasteiger charge is 2.28. The molecule has 1 aromatic carbocycles. The van der Waals surface area contributed by atoms with Crippen LogP contribution < -0.4 is 10.1 Å². The molecule has 3 rings (SSSR count). The molecular weight excluding hydrogens is 306 g/mol. The van der Waals surface area contributed by atoms with Crippen molar-refractivity contribution in [2.24, 2.45) is 11.8 Å². The maximum absolute atomic E-state index is 12.1. The van der Waals surface area contributed by atoms with Crippen LogP contribution in [0, 0.1) is 11.8 Å². The van der Waals surface area contributed by atoms with Gasteiger partial charge in [-0.25, -0.2) is 0 Å². The average Bonchev–Trinajstić information content (AvgIpc) is 3.12. The zero-order valence-electron chi connectivity index (χ0n) is 14.1. The number of carbonyl (C=O) groups is 1. The van der Waals surface area contributed by atoms with E-state index < -0.39 is 0 Å². The van der Waals surface area contributed by atoms with Crippen molar-refractivity contribution in [1.29, 1.82) is 0 Å². The van der Waals surface area contributed by atoms with Crippen LogP contribution in [0.5, 0.6) is 5.75 Å². The van der Waals surface area contributed by atoms with Crippen LogP contribution in [-0.4, -0.2) is 28.8 Å². The van der Waals surface area contributed by atoms with Gasteiger partial charge in [-0.05, 0) is 42.5 Å². The van der Waals surface area contributed by atoms with Crippen LogP contribution in [0.25, 0.3) is 11.5 Å². The van der Waals surface area contributed by atoms with Crippen molar-refractivity contribution in [2.75, 3.05) is 6.61 Å². The lowest BCUT2D eigenvalue weighted by atomic mass is 9.78. The Morgan fingerprint density at radius 2 is 2.08 bits per heavy atom. The molecule has 1 fully saturated rings. The Labute approximate surface area is 141 Å². The minimum absolute atomic E-state index is 0.0253. The summed E-state index contributed by atoms with van der Waals surface area (Å²) < 4.78 is 10.7. The predicted molar refractivity (Wildman–Crippen MR) is 89.3 cm³/mol. The number of aromatic nitrogens is 2. The van der Waals surface area contributed by atoms with Crippen molar-refractivity contribution in [3.63, 3.8) is 0 Å². The average molecular weight is 329 g/mol. The number of hydrogen-bond donors (Lipinski definition) is 1. The molecule has 6 heteroatoms. The van der Waals surface area contributed by atoms with E-state index in [2.05, 4.69) is 29.4 Å². The Bertz CT molecular complexity index is 655. The topological polar surface area (TPSA) is 77.2 Å². The van der Waals surface area contributed by atoms with Crippen LogP contribution in [0.3, 0.4) is 0 Å². The largest absolute Gasteiger partial charge is 0.484 e. The quantitative estimate of drug-likeness (QED) is 0.912. The van der Waals surface area contributed by atoms with E-state index in [1.807, 2.05) is 12.1 Å². The van der Waals surface area contributed by atoms with Crippen molar-refractivity contribution in [3.05, 3.63) is 30.7 Å². The van der Waals surface area contributed by atoms with E-state index in [4.69, 9.17) is 9.15 Å². The molecule has 1 aromatic heterocycles. The SMILES string of the molecule is C[C@H]1[C@@H](NC(=O)COc2ccc(-c3nnco3)cc2)CCC[C@@H]1C. The van der Waals surface area contributed by atoms with Gasteiger partial charge in [-0.3, -0.25) is 4.79 Å². The molecular formula is C18H23N3O3. The molecule has 0 radical (unpaired) electrons. The zero-order valence-corrected chi connectivity index (χ0v) is 14.1. The number of carbonyl (C=O) groups excluding carboxylic acids is 1. The molecule has 24 heavy (non-hydrogen) atoms. The van der Waals surface area contributed by atoms with E-state index in [9.17, 15) is 4.79 Å². The third-order valence-electron chi connectivity index (χ3n) is 4.88. The van der Waals surface area contributed by atoms with Gasteiger partial charge in [-0.2, -0.15) is 0 Å². The lowest BCUT2D eigenvalue weighted by Gasteiger charge is -2.34. The molecule has 1 amide bonds. The molecule has 0 unspecified atom stereocenters. The van der Waals surface area contributed by atoms with Crippen molar-refractivity contribution in [1.82, 2.24) is 15.5 Å². The maximum Gasteiger partial charge on any atom is 0.258 e. The zero-order chi connectivity index (χ0) is 16.9. The summed E-state index contributed by atoms with van der Waals surface area (Å²) in [6.07, 6.45) is 4.76. The number of amides is 1. The Hall–Kier alpha value is -2.37. The highest BCUT2D eigenvalue weighted by molar-refractivity contribution is 5.77. The van der Waals surface area contributed by atoms with Gasteiger partial charge in [0, 0.05) is 11.6 Å². The number of benzene rings is 1. The highest BCUT2D eigenvalue weighted by atomic mass is 16.5. The first-order chi connectivity index (χ1) is 11.6. The predicted octanol–water partition coefficient (Wildman–Crippen LogP) is 3.06. The number of ether oxygens (including phenoxy) is 1. The summed E-state index contributed by atoms with van der Waals surface area (Å²) in [7, 11) is 0. The lowest BCUT2D eigenvalue weighted by molar-refractivity contribution is -0.124. The van der Waals surface area contributed by atoms with E-state index in [-0.39, 0.29) is 18.6 Å². The summed E-state index contributed by atoms with van der Waals surface area (Å²) in [6.45, 7) is 4.49. The molecule has 1 heterocycles. The fraction of sp³-hybridized carbons (Fsp3) is 0.500. The summed E-state index contributed by atoms with van der Waals surface area (Å²) >= 11 is 0. The van der Waals surface area contributed by atoms with Crippen molar-refractivity contribution < 1.29 is 13.9 Å². The Kier molecular flexibility index (Phi) is 5.13. The molecule has 3 atom stereocenters. The highest BCUT2D eigenvalue weighted by Crippen LogP contribution is 2.29. The molecule has 0 spiro atoms. The third kappa shape index (κ3) is 3.93. The molecule has 0 aliphatic heterocycles. The van der Waals surface area contributed by atoms with Crippen LogP contribution in [0.15, 0.2) is 35.1 Å². The molecule has 6 nitrogen and oxygen atoms in total. The second kappa shape index (κ2) is 7.47. The van der Waals surface area contributed by atoms with Gasteiger partial charge in [-0.15, -0.1) is 10.2 Å². The number of nitrogens with zero attached hydrogens (tertiary/aromatic N) is 2. The van der Waals surface area contributed by atoms with Crippen LogP contribution in [0.1, 0.15) is 33.1 Å². The van der Waals surface area contributed by atoms with Crippen LogP contribution >= 0.6 is 0 Å². The normalized spacial score (nSPS) is 23.7. The van der Waals surface area contributed by atoms with Crippen molar-refractivity contribution >= 4 is 5.91 Å². The Balaban J connectivity index is 1.49. The summed E-state index contributed by atoms with van der Waals surface area (Å²) in [6, 6.07) is 7.48. The van der Waals surface area contributed by atoms with Gasteiger partial charge < -0.3 is 14.5 Å². The van der Waals surface area contributed by atoms with E-state index in [0.29, 0.717) is 23.5 Å². The van der Waals surface area contributed by atoms with Gasteiger partial charge >= 0.3 is 0 Å². The Morgan fingerprint density at radius 3 is 2.79 bits per heavy atom. The smallest absolute Gasteiger partial charge is 0.258 e. The minimum Gasteiger partial charge on any atom is -0.484 e. The van der Waals surface area contributed by atoms with Gasteiger partial charge in [0.25, 0.3) is 5.91 Å². The van der Waals surface area contributed by atoms with Gasteiger partial charge in [0.15, 0.2) is 6.61 Å². The molecule has 1 saturated carbocycles. The second-order valence-corrected chi connectivity index (χ2v) is 6.50. The van der Waals surface area contributed by atoms with Crippen molar-refractivity contribution in [3.8, 4) is 17.2 Å². The minimum atomic E-state index is -0.0677. The fourth-order valence-electron chi connectivity index (χ4n) is 3.18. The van der Waals surface area contributed by atoms with Gasteiger partial charge in [0.05, 0.1) is 0 Å². The van der Waals surface area contributed by atoms with E-state index in [1.54, 1.807) is 12.1 Å². The summed E-state index contributed by atoms with van der Waals surface area (Å²) in [5.74, 6) is 2.19. The molecule has 1 aliphatic rings. The molecule has 1 N–H and O–H groups in total. The first kappa shape index (κ1) is 16.5. The monoisotopic (exact) mass is 329 g/mol. The van der Waals surface area contributed by atoms with Crippen LogP contribution in [-0.2, 0) is 4.79 Å². The Morgan fingerprint density at radius 1 is 1.29 bits per heavy atom. The van der Waals surface area contributed by atoms with E-state index in [0.717, 1.165) is 12.0 Å². The first-order valence-electron chi connectivity index (χ1n) is 8.42. The summed E-state index contributed by atoms with van der Waals surface area (Å²) in [4.78, 5) is 12.1. The lowest BCUT2D eigenvalue weighted by Crippen LogP contribution is -2.45. The van der Waals surface area contributed by atoms with Crippen LogP contribution in [0.4, 0.5) is 0 Å². The van der Waals surface area contributed by atoms with Gasteiger partial charge in [-0.1, -0.05) is 26.7 Å². The van der Waals surface area contributed by atoms with Crippen LogP contribution in [0.2, 0.25) is 0 Å². The molecule has 1 aliphatic carbocycles. The third-order valence-corrected chi connectivity index (χ3v) is 4.88. The van der Waals surface area contributed by atoms with Gasteiger partial charge in [0.2, 0.25) is 12.3 Å². The summed E-state index contributed by atoms with van der Waals surface area (Å²) in [5, 5.41) is 10.6. The number of hydrogen-bond acceptors (Lipinski definition) is 5. The van der Waals surface area contributed by atoms with Gasteiger partial charge in [0.1, 0.15) is 5.75 Å². The first-order valence-corrected chi connectivity index (χ1v) is 8.42. The number of rotatable bonds is 5. The molecule has 0 bridgehead atoms. The second-order valence-electron chi connectivity index (χ2n) is 6.50. The summed E-state index contributed by atoms with van der Waals surface area (Å²) in [5.41, 5.74) is 0.814. The molecule has 2 aromatic rings. The molecule has 128 valence electrons.